The number of amides is 2. The van der Waals surface area contributed by atoms with E-state index < -0.39 is 6.10 Å². The van der Waals surface area contributed by atoms with Gasteiger partial charge in [0.15, 0.2) is 6.10 Å². The Morgan fingerprint density at radius 2 is 1.97 bits per heavy atom. The molecule has 2 atom stereocenters. The molecule has 1 aliphatic heterocycles. The quantitative estimate of drug-likeness (QED) is 0.689. The number of aryl methyl sites for hydroxylation is 1. The topological polar surface area (TPSA) is 76.7 Å². The third-order valence-corrected chi connectivity index (χ3v) is 5.43. The Morgan fingerprint density at radius 1 is 1.17 bits per heavy atom. The molecule has 2 N–H and O–H groups in total. The second kappa shape index (κ2) is 10.3. The van der Waals surface area contributed by atoms with Crippen LogP contribution in [-0.2, 0) is 9.53 Å². The van der Waals surface area contributed by atoms with Gasteiger partial charge >= 0.3 is 0 Å². The summed E-state index contributed by atoms with van der Waals surface area (Å²) in [5, 5.41) is 5.77. The highest BCUT2D eigenvalue weighted by atomic mass is 16.5. The van der Waals surface area contributed by atoms with Crippen molar-refractivity contribution >= 4 is 17.5 Å². The standard InChI is InChI=1S/C24H30N2O4/c1-4-21(30-22-13-7-9-16(2)17(22)3)24(28)26-20-12-6-5-11-19(20)23(27)25-15-18-10-8-14-29-18/h5-7,9,11-13,18,21H,4,8,10,14-15H2,1-3H3,(H,25,27)(H,26,28)/t18-,21-/m1/s1. The third-order valence-electron chi connectivity index (χ3n) is 5.43. The van der Waals surface area contributed by atoms with Crippen LogP contribution in [0.1, 0.15) is 47.7 Å². The number of anilines is 1. The van der Waals surface area contributed by atoms with E-state index in [1.807, 2.05) is 39.0 Å². The SMILES string of the molecule is CC[C@@H](Oc1cccc(C)c1C)C(=O)Nc1ccccc1C(=O)NC[C@H]1CCCO1. The van der Waals surface area contributed by atoms with Gasteiger partial charge in [0.05, 0.1) is 17.4 Å². The summed E-state index contributed by atoms with van der Waals surface area (Å²) in [6.45, 7) is 7.09. The van der Waals surface area contributed by atoms with Crippen LogP contribution in [0.15, 0.2) is 42.5 Å². The summed E-state index contributed by atoms with van der Waals surface area (Å²) in [4.78, 5) is 25.6. The smallest absolute Gasteiger partial charge is 0.265 e. The van der Waals surface area contributed by atoms with Crippen LogP contribution >= 0.6 is 0 Å². The van der Waals surface area contributed by atoms with Crippen molar-refractivity contribution in [3.05, 3.63) is 59.2 Å². The van der Waals surface area contributed by atoms with E-state index in [-0.39, 0.29) is 17.9 Å². The molecule has 1 aliphatic rings. The fourth-order valence-electron chi connectivity index (χ4n) is 3.44. The zero-order chi connectivity index (χ0) is 21.5. The number of benzene rings is 2. The molecule has 160 valence electrons. The van der Waals surface area contributed by atoms with Crippen LogP contribution in [0, 0.1) is 13.8 Å². The molecule has 0 aromatic heterocycles. The summed E-state index contributed by atoms with van der Waals surface area (Å²) in [7, 11) is 0. The Morgan fingerprint density at radius 3 is 2.70 bits per heavy atom. The van der Waals surface area contributed by atoms with Crippen LogP contribution in [0.5, 0.6) is 5.75 Å². The Balaban J connectivity index is 1.67. The molecule has 6 heteroatoms. The average molecular weight is 411 g/mol. The van der Waals surface area contributed by atoms with E-state index in [4.69, 9.17) is 9.47 Å². The highest BCUT2D eigenvalue weighted by Crippen LogP contribution is 2.23. The van der Waals surface area contributed by atoms with Gasteiger partial charge in [0.2, 0.25) is 0 Å². The number of para-hydroxylation sites is 1. The predicted octanol–water partition coefficient (Wildman–Crippen LogP) is 4.01. The van der Waals surface area contributed by atoms with Gasteiger partial charge in [-0.15, -0.1) is 0 Å². The Bertz CT molecular complexity index is 891. The average Bonchev–Trinajstić information content (AvgIpc) is 3.27. The Hall–Kier alpha value is -2.86. The highest BCUT2D eigenvalue weighted by molar-refractivity contribution is 6.04. The van der Waals surface area contributed by atoms with Crippen molar-refractivity contribution < 1.29 is 19.1 Å². The van der Waals surface area contributed by atoms with Crippen LogP contribution in [0.3, 0.4) is 0 Å². The first-order valence-corrected chi connectivity index (χ1v) is 10.5. The number of carbonyl (C=O) groups excluding carboxylic acids is 2. The molecule has 0 unspecified atom stereocenters. The maximum atomic E-state index is 12.9. The summed E-state index contributed by atoms with van der Waals surface area (Å²) >= 11 is 0. The first-order valence-electron chi connectivity index (χ1n) is 10.5. The summed E-state index contributed by atoms with van der Waals surface area (Å²) in [6, 6.07) is 12.8. The second-order valence-corrected chi connectivity index (χ2v) is 7.59. The molecule has 3 rings (SSSR count). The van der Waals surface area contributed by atoms with E-state index in [2.05, 4.69) is 10.6 Å². The van der Waals surface area contributed by atoms with Crippen LogP contribution < -0.4 is 15.4 Å². The molecule has 2 aromatic carbocycles. The molecule has 30 heavy (non-hydrogen) atoms. The number of nitrogens with one attached hydrogen (secondary N) is 2. The molecule has 6 nitrogen and oxygen atoms in total. The van der Waals surface area contributed by atoms with E-state index in [0.717, 1.165) is 30.6 Å². The van der Waals surface area contributed by atoms with Crippen molar-refractivity contribution in [2.24, 2.45) is 0 Å². The van der Waals surface area contributed by atoms with Gasteiger partial charge in [0.25, 0.3) is 11.8 Å². The fraction of sp³-hybridized carbons (Fsp3) is 0.417. The first-order chi connectivity index (χ1) is 14.5. The van der Waals surface area contributed by atoms with E-state index in [1.54, 1.807) is 24.3 Å². The van der Waals surface area contributed by atoms with E-state index in [9.17, 15) is 9.59 Å². The van der Waals surface area contributed by atoms with Crippen molar-refractivity contribution in [3.8, 4) is 5.75 Å². The molecular formula is C24H30N2O4. The molecule has 0 bridgehead atoms. The van der Waals surface area contributed by atoms with Crippen LogP contribution in [0.2, 0.25) is 0 Å². The number of hydrogen-bond acceptors (Lipinski definition) is 4. The molecule has 2 aromatic rings. The second-order valence-electron chi connectivity index (χ2n) is 7.59. The lowest BCUT2D eigenvalue weighted by atomic mass is 10.1. The van der Waals surface area contributed by atoms with E-state index in [0.29, 0.717) is 30.0 Å². The van der Waals surface area contributed by atoms with Gasteiger partial charge in [0, 0.05) is 13.2 Å². The molecule has 1 fully saturated rings. The maximum Gasteiger partial charge on any atom is 0.265 e. The number of carbonyl (C=O) groups is 2. The van der Waals surface area contributed by atoms with E-state index >= 15 is 0 Å². The Kier molecular flexibility index (Phi) is 7.46. The number of rotatable bonds is 8. The molecular weight excluding hydrogens is 380 g/mol. The minimum atomic E-state index is -0.659. The summed E-state index contributed by atoms with van der Waals surface area (Å²) in [5.74, 6) is 0.183. The predicted molar refractivity (Wildman–Crippen MR) is 117 cm³/mol. The van der Waals surface area contributed by atoms with Crippen molar-refractivity contribution in [1.29, 1.82) is 0 Å². The molecule has 0 radical (unpaired) electrons. The van der Waals surface area contributed by atoms with Crippen molar-refractivity contribution in [3.63, 3.8) is 0 Å². The lowest BCUT2D eigenvalue weighted by Crippen LogP contribution is -2.35. The van der Waals surface area contributed by atoms with Crippen molar-refractivity contribution in [2.75, 3.05) is 18.5 Å². The van der Waals surface area contributed by atoms with Crippen molar-refractivity contribution in [2.45, 2.75) is 52.2 Å². The highest BCUT2D eigenvalue weighted by Gasteiger charge is 2.22. The van der Waals surface area contributed by atoms with Crippen LogP contribution in [-0.4, -0.2) is 37.2 Å². The fourth-order valence-corrected chi connectivity index (χ4v) is 3.44. The molecule has 0 spiro atoms. The van der Waals surface area contributed by atoms with Gasteiger partial charge in [-0.25, -0.2) is 0 Å². The van der Waals surface area contributed by atoms with Gasteiger partial charge in [0.1, 0.15) is 5.75 Å². The maximum absolute atomic E-state index is 12.9. The van der Waals surface area contributed by atoms with Gasteiger partial charge in [-0.1, -0.05) is 31.2 Å². The summed E-state index contributed by atoms with van der Waals surface area (Å²) in [6.07, 6.45) is 1.88. The molecule has 0 saturated carbocycles. The third kappa shape index (κ3) is 5.39. The van der Waals surface area contributed by atoms with Gasteiger partial charge < -0.3 is 20.1 Å². The molecule has 0 aliphatic carbocycles. The van der Waals surface area contributed by atoms with Crippen molar-refractivity contribution in [1.82, 2.24) is 5.32 Å². The lowest BCUT2D eigenvalue weighted by molar-refractivity contribution is -0.122. The number of ether oxygens (including phenoxy) is 2. The van der Waals surface area contributed by atoms with Gasteiger partial charge in [-0.2, -0.15) is 0 Å². The number of hydrogen-bond donors (Lipinski definition) is 2. The van der Waals surface area contributed by atoms with Crippen LogP contribution in [0.4, 0.5) is 5.69 Å². The largest absolute Gasteiger partial charge is 0.480 e. The van der Waals surface area contributed by atoms with E-state index in [1.165, 1.54) is 0 Å². The first kappa shape index (κ1) is 21.8. The lowest BCUT2D eigenvalue weighted by Gasteiger charge is -2.20. The molecule has 2 amide bonds. The monoisotopic (exact) mass is 410 g/mol. The zero-order valence-electron chi connectivity index (χ0n) is 17.9. The molecule has 1 saturated heterocycles. The molecule has 1 heterocycles. The normalized spacial score (nSPS) is 16.7. The minimum Gasteiger partial charge on any atom is -0.480 e. The Labute approximate surface area is 178 Å². The van der Waals surface area contributed by atoms with Crippen LogP contribution in [0.25, 0.3) is 0 Å². The summed E-state index contributed by atoms with van der Waals surface area (Å²) < 4.78 is 11.5. The zero-order valence-corrected chi connectivity index (χ0v) is 17.9. The van der Waals surface area contributed by atoms with Gasteiger partial charge in [-0.05, 0) is 62.4 Å². The summed E-state index contributed by atoms with van der Waals surface area (Å²) in [5.41, 5.74) is 3.01. The van der Waals surface area contributed by atoms with Gasteiger partial charge in [-0.3, -0.25) is 9.59 Å². The minimum absolute atomic E-state index is 0.0612.